The molecule has 1 aromatic heterocycles. The van der Waals surface area contributed by atoms with Crippen molar-refractivity contribution < 1.29 is 29.3 Å². The van der Waals surface area contributed by atoms with Gasteiger partial charge in [-0.2, -0.15) is 0 Å². The lowest BCUT2D eigenvalue weighted by molar-refractivity contribution is -0.0336. The van der Waals surface area contributed by atoms with Gasteiger partial charge in [0.25, 0.3) is 5.91 Å². The molecule has 308 valence electrons. The number of aliphatic hydroxyl groups excluding tert-OH is 1. The van der Waals surface area contributed by atoms with Crippen molar-refractivity contribution in [3.05, 3.63) is 141 Å². The van der Waals surface area contributed by atoms with Crippen LogP contribution in [0.5, 0.6) is 11.5 Å². The van der Waals surface area contributed by atoms with Gasteiger partial charge in [-0.3, -0.25) is 14.5 Å². The number of carbonyl (C=O) groups excluding carboxylic acids is 2. The van der Waals surface area contributed by atoms with Gasteiger partial charge in [0.2, 0.25) is 5.56 Å². The number of alkyl carbamates (subject to hydrolysis) is 1. The van der Waals surface area contributed by atoms with Gasteiger partial charge in [-0.25, -0.2) is 4.79 Å². The number of aromatic nitrogens is 1. The molecule has 9 rings (SSSR count). The highest BCUT2D eigenvalue weighted by atomic mass is 16.6. The molecule has 3 atom stereocenters. The van der Waals surface area contributed by atoms with E-state index < -0.39 is 18.2 Å². The van der Waals surface area contributed by atoms with E-state index in [1.807, 2.05) is 83.8 Å². The summed E-state index contributed by atoms with van der Waals surface area (Å²) in [5, 5.41) is 28.1. The molecule has 1 aliphatic carbocycles. The Bertz CT molecular complexity index is 2270. The van der Waals surface area contributed by atoms with Gasteiger partial charge in [0.15, 0.2) is 0 Å². The number of hydrogen-bond donors (Lipinski definition) is 5. The summed E-state index contributed by atoms with van der Waals surface area (Å²) in [5.74, 6) is 1.56. The monoisotopic (exact) mass is 799 g/mol. The van der Waals surface area contributed by atoms with E-state index in [1.165, 1.54) is 12.1 Å². The molecular weight excluding hydrogens is 747 g/mol. The van der Waals surface area contributed by atoms with Gasteiger partial charge in [0.05, 0.1) is 17.7 Å². The number of pyridine rings is 1. The molecule has 2 amide bonds. The first kappa shape index (κ1) is 40.1. The molecule has 4 aliphatic rings. The molecule has 5 aromatic rings. The van der Waals surface area contributed by atoms with E-state index in [2.05, 4.69) is 20.5 Å². The predicted octanol–water partition coefficient (Wildman–Crippen LogP) is 6.29. The van der Waals surface area contributed by atoms with Gasteiger partial charge in [0, 0.05) is 43.2 Å². The molecular formula is C47H53N5O7. The van der Waals surface area contributed by atoms with Crippen LogP contribution in [0.15, 0.2) is 108 Å². The quantitative estimate of drug-likeness (QED) is 0.0683. The molecule has 4 fully saturated rings. The molecule has 59 heavy (non-hydrogen) atoms. The third-order valence-corrected chi connectivity index (χ3v) is 11.9. The van der Waals surface area contributed by atoms with Crippen molar-refractivity contribution in [1.82, 2.24) is 25.4 Å². The summed E-state index contributed by atoms with van der Waals surface area (Å²) in [4.78, 5) is 45.7. The average molecular weight is 800 g/mol. The topological polar surface area (TPSA) is 156 Å². The second-order valence-corrected chi connectivity index (χ2v) is 16.2. The number of benzene rings is 4. The summed E-state index contributed by atoms with van der Waals surface area (Å²) in [7, 11) is 0. The maximum Gasteiger partial charge on any atom is 0.408 e. The number of carbonyl (C=O) groups is 2. The van der Waals surface area contributed by atoms with E-state index in [0.29, 0.717) is 65.7 Å². The van der Waals surface area contributed by atoms with Crippen LogP contribution in [0, 0.1) is 11.8 Å². The van der Waals surface area contributed by atoms with Crippen LogP contribution in [0.3, 0.4) is 0 Å². The number of phenols is 1. The molecule has 12 heteroatoms. The molecule has 1 saturated carbocycles. The number of aromatic hydroxyl groups is 1. The lowest BCUT2D eigenvalue weighted by Crippen LogP contribution is -2.52. The SMILES string of the molecule is O=C(N[C@@H](c1ccccc1)c1cccc(OCc2ccc(C(=O)N(CCCNCC(O)c3ccc(O)c4[nH]c(=O)ccc34)CC3CC3)cc2)c1)OC1CN2CCC1CC2. The third kappa shape index (κ3) is 10.1. The van der Waals surface area contributed by atoms with Crippen LogP contribution in [0.2, 0.25) is 0 Å². The number of ether oxygens (including phenoxy) is 2. The number of aromatic amines is 1. The number of amides is 2. The Labute approximate surface area is 344 Å². The van der Waals surface area contributed by atoms with Crippen LogP contribution < -0.4 is 20.9 Å². The Balaban J connectivity index is 0.839. The first-order chi connectivity index (χ1) is 28.8. The van der Waals surface area contributed by atoms with Crippen molar-refractivity contribution >= 4 is 22.9 Å². The minimum atomic E-state index is -0.849. The third-order valence-electron chi connectivity index (χ3n) is 11.9. The van der Waals surface area contributed by atoms with Gasteiger partial charge in [-0.1, -0.05) is 60.7 Å². The zero-order chi connectivity index (χ0) is 40.7. The van der Waals surface area contributed by atoms with Crippen molar-refractivity contribution in [3.8, 4) is 11.5 Å². The molecule has 4 aromatic carbocycles. The lowest BCUT2D eigenvalue weighted by atomic mass is 9.86. The number of aliphatic hydroxyl groups is 1. The van der Waals surface area contributed by atoms with E-state index in [1.54, 1.807) is 12.1 Å². The summed E-state index contributed by atoms with van der Waals surface area (Å²) in [5.41, 5.74) is 3.96. The summed E-state index contributed by atoms with van der Waals surface area (Å²) in [6.45, 7) is 5.45. The van der Waals surface area contributed by atoms with Crippen molar-refractivity contribution in [1.29, 1.82) is 0 Å². The van der Waals surface area contributed by atoms with E-state index >= 15 is 0 Å². The fourth-order valence-electron chi connectivity index (χ4n) is 8.40. The van der Waals surface area contributed by atoms with Crippen LogP contribution in [0.25, 0.3) is 10.9 Å². The standard InChI is InChI=1S/C47H53N5O7/c53-40-18-16-38(39-17-19-43(55)49-45(39)40)41(54)27-48-22-5-23-52(28-31-10-11-31)46(56)35-14-12-32(13-15-35)30-58-37-9-4-8-36(26-37)44(34-6-2-1-3-7-34)50-47(57)59-42-29-51-24-20-33(42)21-25-51/h1-4,6-9,12-19,26,31,33,41-42,44,48,53-54H,5,10-11,20-25,27-30H2,(H,49,55)(H,50,57)/t41?,42?,44-/m0/s1. The fourth-order valence-corrected chi connectivity index (χ4v) is 8.40. The highest BCUT2D eigenvalue weighted by Gasteiger charge is 2.37. The summed E-state index contributed by atoms with van der Waals surface area (Å²) >= 11 is 0. The summed E-state index contributed by atoms with van der Waals surface area (Å²) in [6, 6.07) is 30.9. The van der Waals surface area contributed by atoms with Crippen molar-refractivity contribution in [2.75, 3.05) is 45.8 Å². The van der Waals surface area contributed by atoms with Crippen LogP contribution in [0.4, 0.5) is 4.79 Å². The molecule has 3 saturated heterocycles. The van der Waals surface area contributed by atoms with E-state index in [0.717, 1.165) is 68.6 Å². The highest BCUT2D eigenvalue weighted by molar-refractivity contribution is 5.94. The molecule has 0 spiro atoms. The van der Waals surface area contributed by atoms with Crippen LogP contribution in [-0.2, 0) is 11.3 Å². The summed E-state index contributed by atoms with van der Waals surface area (Å²) < 4.78 is 12.2. The smallest absolute Gasteiger partial charge is 0.408 e. The molecule has 2 bridgehead atoms. The lowest BCUT2D eigenvalue weighted by Gasteiger charge is -2.43. The number of fused-ring (bicyclic) bond motifs is 4. The number of piperidine rings is 3. The average Bonchev–Trinajstić information content (AvgIpc) is 4.09. The van der Waals surface area contributed by atoms with Crippen molar-refractivity contribution in [3.63, 3.8) is 0 Å². The maximum absolute atomic E-state index is 13.7. The Morgan fingerprint density at radius 3 is 2.42 bits per heavy atom. The Kier molecular flexibility index (Phi) is 12.6. The fraction of sp³-hybridized carbons (Fsp3) is 0.383. The molecule has 2 unspecified atom stereocenters. The van der Waals surface area contributed by atoms with Gasteiger partial charge < -0.3 is 40.2 Å². The number of rotatable bonds is 17. The maximum atomic E-state index is 13.7. The van der Waals surface area contributed by atoms with Gasteiger partial charge >= 0.3 is 6.09 Å². The van der Waals surface area contributed by atoms with Gasteiger partial charge in [0.1, 0.15) is 24.2 Å². The Morgan fingerprint density at radius 1 is 0.898 bits per heavy atom. The zero-order valence-electron chi connectivity index (χ0n) is 33.2. The van der Waals surface area contributed by atoms with Crippen molar-refractivity contribution in [2.24, 2.45) is 11.8 Å². The van der Waals surface area contributed by atoms with Crippen molar-refractivity contribution in [2.45, 2.75) is 57.0 Å². The molecule has 0 radical (unpaired) electrons. The predicted molar refractivity (Wildman–Crippen MR) is 225 cm³/mol. The summed E-state index contributed by atoms with van der Waals surface area (Å²) in [6.07, 6.45) is 3.76. The first-order valence-corrected chi connectivity index (χ1v) is 20.9. The number of nitrogens with zero attached hydrogens (tertiary/aromatic N) is 2. The molecule has 12 nitrogen and oxygen atoms in total. The van der Waals surface area contributed by atoms with E-state index in [9.17, 15) is 24.6 Å². The second-order valence-electron chi connectivity index (χ2n) is 16.2. The minimum absolute atomic E-state index is 0.00635. The van der Waals surface area contributed by atoms with E-state index in [4.69, 9.17) is 9.47 Å². The van der Waals surface area contributed by atoms with E-state index in [-0.39, 0.29) is 29.9 Å². The van der Waals surface area contributed by atoms with Crippen LogP contribution in [0.1, 0.15) is 76.9 Å². The Hall–Kier alpha value is -5.69. The van der Waals surface area contributed by atoms with Crippen LogP contribution >= 0.6 is 0 Å². The first-order valence-electron chi connectivity index (χ1n) is 20.9. The molecule has 4 heterocycles. The van der Waals surface area contributed by atoms with Gasteiger partial charge in [-0.15, -0.1) is 0 Å². The number of nitrogens with one attached hydrogen (secondary N) is 3. The highest BCUT2D eigenvalue weighted by Crippen LogP contribution is 2.32. The number of phenolic OH excluding ortho intramolecular Hbond substituents is 1. The molecule has 5 N–H and O–H groups in total. The van der Waals surface area contributed by atoms with Crippen LogP contribution in [-0.4, -0.2) is 88.9 Å². The number of hydrogen-bond acceptors (Lipinski definition) is 9. The van der Waals surface area contributed by atoms with Gasteiger partial charge in [-0.05, 0) is 122 Å². The number of H-pyrrole nitrogens is 1. The normalized spacial score (nSPS) is 19.5. The minimum Gasteiger partial charge on any atom is -0.506 e. The second kappa shape index (κ2) is 18.5. The largest absolute Gasteiger partial charge is 0.506 e. The molecule has 3 aliphatic heterocycles. The zero-order valence-corrected chi connectivity index (χ0v) is 33.2. The Morgan fingerprint density at radius 2 is 1.68 bits per heavy atom.